The second kappa shape index (κ2) is 8.33. The topological polar surface area (TPSA) is 41.6 Å². The third-order valence-corrected chi connectivity index (χ3v) is 5.11. The van der Waals surface area contributed by atoms with Crippen LogP contribution in [-0.2, 0) is 16.0 Å². The first-order valence-electron chi connectivity index (χ1n) is 9.41. The Kier molecular flexibility index (Phi) is 6.64. The Morgan fingerprint density at radius 3 is 2.48 bits per heavy atom. The monoisotopic (exact) mass is 346 g/mol. The van der Waals surface area contributed by atoms with Gasteiger partial charge in [0.2, 0.25) is 5.91 Å². The van der Waals surface area contributed by atoms with Crippen LogP contribution in [-0.4, -0.2) is 48.2 Å². The molecule has 1 heterocycles. The van der Waals surface area contributed by atoms with E-state index in [1.54, 1.807) is 0 Å². The molecular weight excluding hydrogens is 312 g/mol. The molecule has 1 saturated heterocycles. The zero-order valence-corrected chi connectivity index (χ0v) is 16.7. The van der Waals surface area contributed by atoms with Gasteiger partial charge in [-0.2, -0.15) is 0 Å². The quantitative estimate of drug-likeness (QED) is 0.860. The Bertz CT molecular complexity index is 588. The molecule has 1 fully saturated rings. The van der Waals surface area contributed by atoms with Crippen LogP contribution in [0.15, 0.2) is 18.2 Å². The van der Waals surface area contributed by atoms with Crippen LogP contribution >= 0.6 is 0 Å². The van der Waals surface area contributed by atoms with Crippen LogP contribution in [0.2, 0.25) is 0 Å². The molecule has 140 valence electrons. The van der Waals surface area contributed by atoms with Crippen molar-refractivity contribution in [2.45, 2.75) is 72.1 Å². The highest BCUT2D eigenvalue weighted by molar-refractivity contribution is 5.76. The van der Waals surface area contributed by atoms with Gasteiger partial charge < -0.3 is 10.1 Å². The third-order valence-electron chi connectivity index (χ3n) is 5.11. The van der Waals surface area contributed by atoms with Gasteiger partial charge in [-0.3, -0.25) is 9.69 Å². The Morgan fingerprint density at radius 1 is 1.24 bits per heavy atom. The number of hydrogen-bond acceptors (Lipinski definition) is 3. The van der Waals surface area contributed by atoms with Crippen LogP contribution in [0.1, 0.15) is 50.8 Å². The molecule has 1 aliphatic rings. The summed E-state index contributed by atoms with van der Waals surface area (Å²) in [6.45, 7) is 15.3. The van der Waals surface area contributed by atoms with Crippen molar-refractivity contribution in [3.05, 3.63) is 34.9 Å². The number of benzene rings is 1. The maximum atomic E-state index is 12.3. The first kappa shape index (κ1) is 19.9. The highest BCUT2D eigenvalue weighted by Crippen LogP contribution is 2.20. The van der Waals surface area contributed by atoms with E-state index in [4.69, 9.17) is 4.74 Å². The lowest BCUT2D eigenvalue weighted by molar-refractivity contribution is -0.122. The van der Waals surface area contributed by atoms with E-state index >= 15 is 0 Å². The molecule has 0 bridgehead atoms. The average Bonchev–Trinajstić information content (AvgIpc) is 2.51. The van der Waals surface area contributed by atoms with E-state index in [1.807, 2.05) is 0 Å². The van der Waals surface area contributed by atoms with Crippen molar-refractivity contribution in [1.29, 1.82) is 0 Å². The molecule has 0 aromatic heterocycles. The Balaban J connectivity index is 1.82. The predicted octanol–water partition coefficient (Wildman–Crippen LogP) is 3.24. The highest BCUT2D eigenvalue weighted by Gasteiger charge is 2.33. The van der Waals surface area contributed by atoms with Gasteiger partial charge in [-0.25, -0.2) is 0 Å². The Labute approximate surface area is 152 Å². The van der Waals surface area contributed by atoms with Crippen molar-refractivity contribution < 1.29 is 9.53 Å². The number of ether oxygens (including phenoxy) is 1. The van der Waals surface area contributed by atoms with Gasteiger partial charge in [-0.05, 0) is 59.1 Å². The van der Waals surface area contributed by atoms with Gasteiger partial charge in [0.05, 0.1) is 12.2 Å². The molecule has 0 aliphatic carbocycles. The number of carbonyl (C=O) groups excluding carboxylic acids is 1. The zero-order valence-electron chi connectivity index (χ0n) is 16.7. The number of amides is 1. The molecule has 4 heteroatoms. The maximum absolute atomic E-state index is 12.3. The van der Waals surface area contributed by atoms with Gasteiger partial charge in [-0.15, -0.1) is 0 Å². The molecule has 2 rings (SSSR count). The number of morpholine rings is 1. The van der Waals surface area contributed by atoms with Crippen LogP contribution in [0, 0.1) is 13.8 Å². The molecule has 4 nitrogen and oxygen atoms in total. The molecule has 1 aromatic rings. The molecule has 2 unspecified atom stereocenters. The summed E-state index contributed by atoms with van der Waals surface area (Å²) in [6, 6.07) is 6.43. The maximum Gasteiger partial charge on any atom is 0.220 e. The van der Waals surface area contributed by atoms with Crippen molar-refractivity contribution in [3.8, 4) is 0 Å². The molecule has 2 atom stereocenters. The Hall–Kier alpha value is -1.39. The lowest BCUT2D eigenvalue weighted by atomic mass is 9.99. The molecular formula is C21H34N2O2. The lowest BCUT2D eigenvalue weighted by Gasteiger charge is -2.45. The average molecular weight is 347 g/mol. The number of carbonyl (C=O) groups is 1. The summed E-state index contributed by atoms with van der Waals surface area (Å²) in [5.74, 6) is 0.127. The summed E-state index contributed by atoms with van der Waals surface area (Å²) in [5, 5.41) is 3.13. The van der Waals surface area contributed by atoms with Gasteiger partial charge in [0.1, 0.15) is 0 Å². The Morgan fingerprint density at radius 2 is 1.88 bits per heavy atom. The van der Waals surface area contributed by atoms with E-state index in [-0.39, 0.29) is 23.7 Å². The van der Waals surface area contributed by atoms with Gasteiger partial charge in [0, 0.05) is 31.6 Å². The molecule has 1 aromatic carbocycles. The molecule has 1 amide bonds. The second-order valence-corrected chi connectivity index (χ2v) is 8.18. The first-order chi connectivity index (χ1) is 11.7. The molecule has 1 aliphatic heterocycles. The third kappa shape index (κ3) is 5.82. The SMILES string of the molecule is Cc1ccc(CCC(=O)NCC(C)(C)N2CC(C)OC(C)C2)c(C)c1. The predicted molar refractivity (Wildman–Crippen MR) is 103 cm³/mol. The summed E-state index contributed by atoms with van der Waals surface area (Å²) >= 11 is 0. The minimum Gasteiger partial charge on any atom is -0.373 e. The summed E-state index contributed by atoms with van der Waals surface area (Å²) in [4.78, 5) is 14.7. The smallest absolute Gasteiger partial charge is 0.220 e. The summed E-state index contributed by atoms with van der Waals surface area (Å²) in [6.07, 6.45) is 1.81. The van der Waals surface area contributed by atoms with Crippen molar-refractivity contribution in [1.82, 2.24) is 10.2 Å². The van der Waals surface area contributed by atoms with Crippen LogP contribution in [0.25, 0.3) is 0 Å². The van der Waals surface area contributed by atoms with E-state index in [1.165, 1.54) is 16.7 Å². The molecule has 0 radical (unpaired) electrons. The first-order valence-corrected chi connectivity index (χ1v) is 9.41. The fraction of sp³-hybridized carbons (Fsp3) is 0.667. The van der Waals surface area contributed by atoms with Crippen molar-refractivity contribution >= 4 is 5.91 Å². The number of nitrogens with zero attached hydrogens (tertiary/aromatic N) is 1. The van der Waals surface area contributed by atoms with Crippen molar-refractivity contribution in [2.24, 2.45) is 0 Å². The second-order valence-electron chi connectivity index (χ2n) is 8.18. The summed E-state index contributed by atoms with van der Waals surface area (Å²) in [7, 11) is 0. The van der Waals surface area contributed by atoms with Crippen LogP contribution < -0.4 is 5.32 Å². The summed E-state index contributed by atoms with van der Waals surface area (Å²) in [5.41, 5.74) is 3.73. The molecule has 0 spiro atoms. The van der Waals surface area contributed by atoms with Crippen LogP contribution in [0.3, 0.4) is 0 Å². The van der Waals surface area contributed by atoms with Gasteiger partial charge in [0.25, 0.3) is 0 Å². The van der Waals surface area contributed by atoms with Crippen LogP contribution in [0.4, 0.5) is 0 Å². The van der Waals surface area contributed by atoms with Gasteiger partial charge in [0.15, 0.2) is 0 Å². The van der Waals surface area contributed by atoms with E-state index in [2.05, 4.69) is 70.0 Å². The van der Waals surface area contributed by atoms with Crippen molar-refractivity contribution in [3.63, 3.8) is 0 Å². The minimum atomic E-state index is -0.0677. The van der Waals surface area contributed by atoms with Crippen LogP contribution in [0.5, 0.6) is 0 Å². The van der Waals surface area contributed by atoms with E-state index in [0.29, 0.717) is 13.0 Å². The standard InChI is InChI=1S/C21H34N2O2/c1-15-7-8-19(16(2)11-15)9-10-20(24)22-14-21(5,6)23-12-17(3)25-18(4)13-23/h7-8,11,17-18H,9-10,12-14H2,1-6H3,(H,22,24). The fourth-order valence-corrected chi connectivity index (χ4v) is 3.56. The lowest BCUT2D eigenvalue weighted by Crippen LogP contribution is -2.58. The highest BCUT2D eigenvalue weighted by atomic mass is 16.5. The molecule has 25 heavy (non-hydrogen) atoms. The number of aryl methyl sites for hydroxylation is 3. The van der Waals surface area contributed by atoms with E-state index in [9.17, 15) is 4.79 Å². The number of rotatable bonds is 6. The zero-order chi connectivity index (χ0) is 18.6. The van der Waals surface area contributed by atoms with Gasteiger partial charge >= 0.3 is 0 Å². The van der Waals surface area contributed by atoms with Gasteiger partial charge in [-0.1, -0.05) is 23.8 Å². The molecule has 0 saturated carbocycles. The number of hydrogen-bond donors (Lipinski definition) is 1. The normalized spacial score (nSPS) is 22.0. The van der Waals surface area contributed by atoms with Crippen molar-refractivity contribution in [2.75, 3.05) is 19.6 Å². The largest absolute Gasteiger partial charge is 0.373 e. The molecule has 1 N–H and O–H groups in total. The van der Waals surface area contributed by atoms with E-state index < -0.39 is 0 Å². The summed E-state index contributed by atoms with van der Waals surface area (Å²) < 4.78 is 5.82. The number of nitrogens with one attached hydrogen (secondary N) is 1. The fourth-order valence-electron chi connectivity index (χ4n) is 3.56. The minimum absolute atomic E-state index is 0.0677. The van der Waals surface area contributed by atoms with E-state index in [0.717, 1.165) is 19.5 Å².